The average molecular weight is 536 g/mol. The fourth-order valence-electron chi connectivity index (χ4n) is 4.83. The first-order valence-electron chi connectivity index (χ1n) is 12.3. The third-order valence-corrected chi connectivity index (χ3v) is 7.00. The van der Waals surface area contributed by atoms with Crippen molar-refractivity contribution in [1.29, 1.82) is 0 Å². The molecule has 3 heterocycles. The van der Waals surface area contributed by atoms with Crippen LogP contribution in [-0.4, -0.2) is 68.7 Å². The summed E-state index contributed by atoms with van der Waals surface area (Å²) in [5.41, 5.74) is 12.5. The second-order valence-corrected chi connectivity index (χ2v) is 9.54. The molecule has 1 saturated heterocycles. The molecule has 2 aromatic heterocycles. The van der Waals surface area contributed by atoms with Gasteiger partial charge in [-0.05, 0) is 42.3 Å². The molecule has 39 heavy (non-hydrogen) atoms. The van der Waals surface area contributed by atoms with E-state index in [-0.39, 0.29) is 29.0 Å². The van der Waals surface area contributed by atoms with Gasteiger partial charge in [0.2, 0.25) is 0 Å². The fourth-order valence-corrected chi connectivity index (χ4v) is 4.83. The fraction of sp³-hybridized carbons (Fsp3) is 0.333. The number of rotatable bonds is 7. The van der Waals surface area contributed by atoms with Gasteiger partial charge in [-0.15, -0.1) is 0 Å². The Kier molecular flexibility index (Phi) is 6.85. The Bertz CT molecular complexity index is 1590. The van der Waals surface area contributed by atoms with Crippen molar-refractivity contribution in [2.45, 2.75) is 44.3 Å². The number of amides is 1. The van der Waals surface area contributed by atoms with Crippen LogP contribution >= 0.6 is 0 Å². The van der Waals surface area contributed by atoms with E-state index in [0.29, 0.717) is 5.82 Å². The monoisotopic (exact) mass is 535 g/mol. The third-order valence-electron chi connectivity index (χ3n) is 7.00. The minimum absolute atomic E-state index is 0.0466. The molecule has 4 aromatic rings. The van der Waals surface area contributed by atoms with Crippen LogP contribution in [0.1, 0.15) is 40.8 Å². The molecule has 6 N–H and O–H groups in total. The number of aromatic nitrogens is 3. The molecule has 0 unspecified atom stereocenters. The van der Waals surface area contributed by atoms with E-state index >= 15 is 0 Å². The Morgan fingerprint density at radius 1 is 1.13 bits per heavy atom. The van der Waals surface area contributed by atoms with Crippen molar-refractivity contribution in [3.05, 3.63) is 59.5 Å². The molecule has 2 aromatic carbocycles. The maximum absolute atomic E-state index is 12.9. The molecule has 204 valence electrons. The summed E-state index contributed by atoms with van der Waals surface area (Å²) in [4.78, 5) is 33.3. The largest absolute Gasteiger partial charge is 0.497 e. The first-order valence-corrected chi connectivity index (χ1v) is 12.3. The highest BCUT2D eigenvalue weighted by Crippen LogP contribution is 2.35. The highest BCUT2D eigenvalue weighted by Gasteiger charge is 2.45. The van der Waals surface area contributed by atoms with Crippen LogP contribution in [0, 0.1) is 6.92 Å². The van der Waals surface area contributed by atoms with Crippen LogP contribution in [0.4, 0.5) is 5.82 Å². The standard InChI is InChI=1S/C27H29N5O7/c1-12(14-4-5-16-9-17(37-3)7-6-15(16)8-14)27(36)38-11-19-21(33)22(34)26(39-19)32-10-18(24(29)35)20-23(28)30-13(2)31-25(20)32/h4-10,12,19,21-22,26,33-34H,11H2,1-3H3,(H2,29,35)(H2,28,30,31)/t12-,19-,21-,22-,26-/m1/s1. The van der Waals surface area contributed by atoms with Crippen molar-refractivity contribution in [3.8, 4) is 5.75 Å². The Morgan fingerprint density at radius 3 is 2.56 bits per heavy atom. The van der Waals surface area contributed by atoms with Gasteiger partial charge in [0.25, 0.3) is 5.91 Å². The molecule has 1 aliphatic rings. The SMILES string of the molecule is COc1ccc2cc([C@@H](C)C(=O)OC[C@H]3O[C@@H](n4cc(C(N)=O)c5c(N)nc(C)nc54)[C@H](O)[C@@H]3O)ccc2c1. The molecule has 12 nitrogen and oxygen atoms in total. The maximum atomic E-state index is 12.9. The second kappa shape index (κ2) is 10.1. The Balaban J connectivity index is 1.32. The minimum Gasteiger partial charge on any atom is -0.497 e. The number of esters is 1. The van der Waals surface area contributed by atoms with Crippen LogP contribution in [0.3, 0.4) is 0 Å². The molecule has 1 fully saturated rings. The van der Waals surface area contributed by atoms with Crippen molar-refractivity contribution in [3.63, 3.8) is 0 Å². The minimum atomic E-state index is -1.42. The molecule has 0 bridgehead atoms. The predicted octanol–water partition coefficient (Wildman–Crippen LogP) is 1.55. The van der Waals surface area contributed by atoms with Gasteiger partial charge in [-0.3, -0.25) is 9.59 Å². The third kappa shape index (κ3) is 4.73. The Morgan fingerprint density at radius 2 is 1.85 bits per heavy atom. The van der Waals surface area contributed by atoms with Crippen LogP contribution in [0.15, 0.2) is 42.6 Å². The van der Waals surface area contributed by atoms with Crippen molar-refractivity contribution < 1.29 is 34.0 Å². The number of nitrogens with two attached hydrogens (primary N) is 2. The number of aryl methyl sites for hydroxylation is 1. The molecule has 1 aliphatic heterocycles. The molecule has 5 rings (SSSR count). The van der Waals surface area contributed by atoms with Crippen LogP contribution in [0.5, 0.6) is 5.75 Å². The first kappa shape index (κ1) is 26.4. The number of ether oxygens (including phenoxy) is 3. The number of methoxy groups -OCH3 is 1. The van der Waals surface area contributed by atoms with E-state index in [1.54, 1.807) is 21.0 Å². The number of primary amides is 1. The maximum Gasteiger partial charge on any atom is 0.313 e. The summed E-state index contributed by atoms with van der Waals surface area (Å²) in [5.74, 6) is -0.762. The lowest BCUT2D eigenvalue weighted by atomic mass is 9.98. The van der Waals surface area contributed by atoms with Gasteiger partial charge in [0.05, 0.1) is 24.0 Å². The van der Waals surface area contributed by atoms with Gasteiger partial charge >= 0.3 is 5.97 Å². The van der Waals surface area contributed by atoms with Crippen LogP contribution in [0.2, 0.25) is 0 Å². The van der Waals surface area contributed by atoms with E-state index in [1.807, 2.05) is 36.4 Å². The van der Waals surface area contributed by atoms with Gasteiger partial charge in [-0.2, -0.15) is 0 Å². The number of nitrogen functional groups attached to an aromatic ring is 1. The number of fused-ring (bicyclic) bond motifs is 2. The molecular formula is C27H29N5O7. The number of carbonyl (C=O) groups is 2. The summed E-state index contributed by atoms with van der Waals surface area (Å²) in [6.07, 6.45) is -3.65. The van der Waals surface area contributed by atoms with Gasteiger partial charge in [0.15, 0.2) is 6.23 Å². The quantitative estimate of drug-likeness (QED) is 0.253. The van der Waals surface area contributed by atoms with Crippen molar-refractivity contribution in [2.24, 2.45) is 5.73 Å². The number of nitrogens with zero attached hydrogens (tertiary/aromatic N) is 3. The van der Waals surface area contributed by atoms with Crippen LogP contribution in [0.25, 0.3) is 21.8 Å². The number of aliphatic hydroxyl groups is 2. The molecule has 0 spiro atoms. The first-order chi connectivity index (χ1) is 18.6. The summed E-state index contributed by atoms with van der Waals surface area (Å²) in [5, 5.41) is 23.6. The number of benzene rings is 2. The average Bonchev–Trinajstić information content (AvgIpc) is 3.43. The summed E-state index contributed by atoms with van der Waals surface area (Å²) in [6, 6.07) is 11.3. The van der Waals surface area contributed by atoms with E-state index in [0.717, 1.165) is 22.1 Å². The molecular weight excluding hydrogens is 506 g/mol. The van der Waals surface area contributed by atoms with Crippen molar-refractivity contribution in [2.75, 3.05) is 19.5 Å². The smallest absolute Gasteiger partial charge is 0.313 e. The molecule has 0 saturated carbocycles. The van der Waals surface area contributed by atoms with Gasteiger partial charge < -0.3 is 40.5 Å². The number of hydrogen-bond donors (Lipinski definition) is 4. The number of anilines is 1. The number of carbonyl (C=O) groups excluding carboxylic acids is 2. The molecule has 5 atom stereocenters. The second-order valence-electron chi connectivity index (χ2n) is 9.54. The molecule has 0 radical (unpaired) electrons. The number of aliphatic hydroxyl groups excluding tert-OH is 2. The normalized spacial score (nSPS) is 21.8. The summed E-state index contributed by atoms with van der Waals surface area (Å²) < 4.78 is 18.0. The topological polar surface area (TPSA) is 185 Å². The zero-order valence-corrected chi connectivity index (χ0v) is 21.6. The van der Waals surface area contributed by atoms with Gasteiger partial charge in [0.1, 0.15) is 48.0 Å². The summed E-state index contributed by atoms with van der Waals surface area (Å²) in [6.45, 7) is 3.04. The molecule has 1 amide bonds. The van der Waals surface area contributed by atoms with Gasteiger partial charge in [-0.25, -0.2) is 9.97 Å². The summed E-state index contributed by atoms with van der Waals surface area (Å²) in [7, 11) is 1.60. The lowest BCUT2D eigenvalue weighted by molar-refractivity contribution is -0.151. The van der Waals surface area contributed by atoms with Crippen LogP contribution < -0.4 is 16.2 Å². The van der Waals surface area contributed by atoms with E-state index < -0.39 is 42.3 Å². The van der Waals surface area contributed by atoms with Crippen molar-refractivity contribution >= 4 is 39.5 Å². The molecule has 0 aliphatic carbocycles. The highest BCUT2D eigenvalue weighted by atomic mass is 16.6. The molecule has 12 heteroatoms. The van der Waals surface area contributed by atoms with E-state index in [1.165, 1.54) is 10.8 Å². The zero-order chi connectivity index (χ0) is 28.0. The van der Waals surface area contributed by atoms with Crippen LogP contribution in [-0.2, 0) is 14.3 Å². The predicted molar refractivity (Wildman–Crippen MR) is 141 cm³/mol. The Hall–Kier alpha value is -4.26. The van der Waals surface area contributed by atoms with Gasteiger partial charge in [0, 0.05) is 6.20 Å². The Labute approximate surface area is 223 Å². The lowest BCUT2D eigenvalue weighted by Crippen LogP contribution is -2.34. The zero-order valence-electron chi connectivity index (χ0n) is 21.6. The summed E-state index contributed by atoms with van der Waals surface area (Å²) >= 11 is 0. The van der Waals surface area contributed by atoms with E-state index in [9.17, 15) is 19.8 Å². The number of hydrogen-bond acceptors (Lipinski definition) is 10. The highest BCUT2D eigenvalue weighted by molar-refractivity contribution is 6.09. The van der Waals surface area contributed by atoms with Gasteiger partial charge in [-0.1, -0.05) is 24.3 Å². The van der Waals surface area contributed by atoms with Crippen molar-refractivity contribution in [1.82, 2.24) is 14.5 Å². The van der Waals surface area contributed by atoms with E-state index in [2.05, 4.69) is 9.97 Å². The lowest BCUT2D eigenvalue weighted by Gasteiger charge is -2.18. The van der Waals surface area contributed by atoms with E-state index in [4.69, 9.17) is 25.7 Å².